The molecule has 0 atom stereocenters. The van der Waals surface area contributed by atoms with Crippen LogP contribution in [0.4, 0.5) is 0 Å². The van der Waals surface area contributed by atoms with Gasteiger partial charge in [0.05, 0.1) is 11.4 Å². The van der Waals surface area contributed by atoms with Gasteiger partial charge in [0, 0.05) is 23.7 Å². The summed E-state index contributed by atoms with van der Waals surface area (Å²) < 4.78 is 6.91. The average molecular weight is 365 g/mol. The number of carbonyl (C=O) groups excluding carboxylic acids is 1. The minimum atomic E-state index is -0.163. The lowest BCUT2D eigenvalue weighted by atomic mass is 10.2. The van der Waals surface area contributed by atoms with E-state index >= 15 is 0 Å². The summed E-state index contributed by atoms with van der Waals surface area (Å²) in [5, 5.41) is 10.9. The standard InChI is InChI=1S/C18H15N5O2S/c1-23-14(9-10-20-23)17(24)19-11-13-7-8-15(26-13)18-21-16(22-25-18)12-5-3-2-4-6-12/h2-10H,11H2,1H3,(H,19,24). The van der Waals surface area contributed by atoms with Gasteiger partial charge >= 0.3 is 0 Å². The second-order valence-electron chi connectivity index (χ2n) is 5.58. The maximum Gasteiger partial charge on any atom is 0.269 e. The predicted octanol–water partition coefficient (Wildman–Crippen LogP) is 3.13. The third-order valence-corrected chi connectivity index (χ3v) is 4.88. The fourth-order valence-corrected chi connectivity index (χ4v) is 3.34. The Bertz CT molecular complexity index is 1030. The molecule has 0 unspecified atom stereocenters. The molecule has 1 aromatic carbocycles. The van der Waals surface area contributed by atoms with Crippen LogP contribution < -0.4 is 5.32 Å². The van der Waals surface area contributed by atoms with E-state index in [1.165, 1.54) is 11.3 Å². The van der Waals surface area contributed by atoms with Crippen molar-refractivity contribution in [2.24, 2.45) is 7.05 Å². The Morgan fingerprint density at radius 2 is 2.04 bits per heavy atom. The van der Waals surface area contributed by atoms with Crippen molar-refractivity contribution in [3.63, 3.8) is 0 Å². The minimum Gasteiger partial charge on any atom is -0.346 e. The van der Waals surface area contributed by atoms with Crippen molar-refractivity contribution in [1.82, 2.24) is 25.2 Å². The van der Waals surface area contributed by atoms with Gasteiger partial charge in [0.2, 0.25) is 5.82 Å². The molecule has 4 aromatic rings. The van der Waals surface area contributed by atoms with Crippen molar-refractivity contribution >= 4 is 17.2 Å². The van der Waals surface area contributed by atoms with Gasteiger partial charge in [0.1, 0.15) is 5.69 Å². The van der Waals surface area contributed by atoms with Crippen molar-refractivity contribution in [2.75, 3.05) is 0 Å². The number of benzene rings is 1. The van der Waals surface area contributed by atoms with Gasteiger partial charge in [0.15, 0.2) is 0 Å². The molecule has 1 N–H and O–H groups in total. The molecule has 1 amide bonds. The largest absolute Gasteiger partial charge is 0.346 e. The zero-order valence-electron chi connectivity index (χ0n) is 13.9. The minimum absolute atomic E-state index is 0.163. The van der Waals surface area contributed by atoms with E-state index in [4.69, 9.17) is 4.52 Å². The molecule has 0 saturated carbocycles. The molecule has 0 aliphatic rings. The highest BCUT2D eigenvalue weighted by atomic mass is 32.1. The Labute approximate surface area is 153 Å². The summed E-state index contributed by atoms with van der Waals surface area (Å²) in [7, 11) is 1.73. The summed E-state index contributed by atoms with van der Waals surface area (Å²) in [6.07, 6.45) is 1.60. The van der Waals surface area contributed by atoms with Crippen LogP contribution in [0, 0.1) is 0 Å². The van der Waals surface area contributed by atoms with Crippen molar-refractivity contribution in [3.8, 4) is 22.2 Å². The molecule has 0 saturated heterocycles. The normalized spacial score (nSPS) is 10.8. The second kappa shape index (κ2) is 6.93. The number of carbonyl (C=O) groups is 1. The molecule has 4 rings (SSSR count). The Morgan fingerprint density at radius 1 is 1.19 bits per heavy atom. The van der Waals surface area contributed by atoms with Crippen LogP contribution in [0.15, 0.2) is 59.3 Å². The number of amides is 1. The summed E-state index contributed by atoms with van der Waals surface area (Å²) in [5.74, 6) is 0.863. The fourth-order valence-electron chi connectivity index (χ4n) is 2.47. The zero-order chi connectivity index (χ0) is 17.9. The Balaban J connectivity index is 1.44. The van der Waals surface area contributed by atoms with Gasteiger partial charge in [-0.2, -0.15) is 10.1 Å². The molecule has 3 heterocycles. The lowest BCUT2D eigenvalue weighted by Crippen LogP contribution is -2.24. The highest BCUT2D eigenvalue weighted by Crippen LogP contribution is 2.28. The van der Waals surface area contributed by atoms with E-state index in [2.05, 4.69) is 20.6 Å². The van der Waals surface area contributed by atoms with Crippen molar-refractivity contribution in [2.45, 2.75) is 6.54 Å². The first-order valence-electron chi connectivity index (χ1n) is 7.95. The van der Waals surface area contributed by atoms with Crippen LogP contribution in [-0.2, 0) is 13.6 Å². The zero-order valence-corrected chi connectivity index (χ0v) is 14.7. The van der Waals surface area contributed by atoms with Crippen LogP contribution in [0.5, 0.6) is 0 Å². The lowest BCUT2D eigenvalue weighted by molar-refractivity contribution is 0.0942. The van der Waals surface area contributed by atoms with Crippen LogP contribution >= 0.6 is 11.3 Å². The number of hydrogen-bond acceptors (Lipinski definition) is 6. The van der Waals surface area contributed by atoms with E-state index in [0.29, 0.717) is 24.0 Å². The third-order valence-electron chi connectivity index (χ3n) is 3.81. The molecular weight excluding hydrogens is 350 g/mol. The topological polar surface area (TPSA) is 85.8 Å². The first-order chi connectivity index (χ1) is 12.7. The summed E-state index contributed by atoms with van der Waals surface area (Å²) in [6.45, 7) is 0.425. The van der Waals surface area contributed by atoms with Crippen molar-refractivity contribution < 1.29 is 9.32 Å². The van der Waals surface area contributed by atoms with E-state index in [-0.39, 0.29) is 5.91 Å². The number of nitrogens with zero attached hydrogens (tertiary/aromatic N) is 4. The van der Waals surface area contributed by atoms with Gasteiger partial charge in [-0.1, -0.05) is 35.5 Å². The number of thiophene rings is 1. The van der Waals surface area contributed by atoms with Gasteiger partial charge in [-0.3, -0.25) is 9.48 Å². The average Bonchev–Trinajstić information content (AvgIpc) is 3.40. The number of aryl methyl sites for hydroxylation is 1. The summed E-state index contributed by atoms with van der Waals surface area (Å²) in [4.78, 5) is 18.4. The van der Waals surface area contributed by atoms with E-state index in [1.807, 2.05) is 42.5 Å². The van der Waals surface area contributed by atoms with Gasteiger partial charge in [0.25, 0.3) is 11.8 Å². The van der Waals surface area contributed by atoms with Gasteiger partial charge < -0.3 is 9.84 Å². The molecule has 0 spiro atoms. The fraction of sp³-hybridized carbons (Fsp3) is 0.111. The molecule has 3 aromatic heterocycles. The quantitative estimate of drug-likeness (QED) is 0.587. The highest BCUT2D eigenvalue weighted by Gasteiger charge is 2.14. The molecule has 0 bridgehead atoms. The van der Waals surface area contributed by atoms with E-state index < -0.39 is 0 Å². The first kappa shape index (κ1) is 16.2. The number of rotatable bonds is 5. The predicted molar refractivity (Wildman–Crippen MR) is 97.4 cm³/mol. The third kappa shape index (κ3) is 3.27. The molecule has 0 radical (unpaired) electrons. The molecule has 7 nitrogen and oxygen atoms in total. The molecule has 8 heteroatoms. The maximum atomic E-state index is 12.1. The van der Waals surface area contributed by atoms with Crippen molar-refractivity contribution in [1.29, 1.82) is 0 Å². The molecule has 0 fully saturated rings. The van der Waals surface area contributed by atoms with Crippen LogP contribution in [-0.4, -0.2) is 25.8 Å². The summed E-state index contributed by atoms with van der Waals surface area (Å²) in [5.41, 5.74) is 1.42. The van der Waals surface area contributed by atoms with Gasteiger partial charge in [-0.05, 0) is 18.2 Å². The Kier molecular flexibility index (Phi) is 4.32. The van der Waals surface area contributed by atoms with Crippen LogP contribution in [0.2, 0.25) is 0 Å². The smallest absolute Gasteiger partial charge is 0.269 e. The molecule has 130 valence electrons. The van der Waals surface area contributed by atoms with Crippen LogP contribution in [0.3, 0.4) is 0 Å². The SMILES string of the molecule is Cn1nccc1C(=O)NCc1ccc(-c2nc(-c3ccccc3)no2)s1. The van der Waals surface area contributed by atoms with E-state index in [1.54, 1.807) is 24.0 Å². The van der Waals surface area contributed by atoms with Crippen LogP contribution in [0.25, 0.3) is 22.2 Å². The maximum absolute atomic E-state index is 12.1. The summed E-state index contributed by atoms with van der Waals surface area (Å²) in [6, 6.07) is 15.2. The number of hydrogen-bond donors (Lipinski definition) is 1. The van der Waals surface area contributed by atoms with Gasteiger partial charge in [-0.15, -0.1) is 11.3 Å². The summed E-state index contributed by atoms with van der Waals surface area (Å²) >= 11 is 1.50. The van der Waals surface area contributed by atoms with Crippen molar-refractivity contribution in [3.05, 3.63) is 65.3 Å². The van der Waals surface area contributed by atoms with E-state index in [9.17, 15) is 4.79 Å². The highest BCUT2D eigenvalue weighted by molar-refractivity contribution is 7.15. The van der Waals surface area contributed by atoms with Crippen LogP contribution in [0.1, 0.15) is 15.4 Å². The Morgan fingerprint density at radius 3 is 2.81 bits per heavy atom. The number of nitrogens with one attached hydrogen (secondary N) is 1. The molecule has 0 aliphatic heterocycles. The van der Waals surface area contributed by atoms with E-state index in [0.717, 1.165) is 15.3 Å². The molecule has 26 heavy (non-hydrogen) atoms. The second-order valence-corrected chi connectivity index (χ2v) is 6.75. The Hall–Kier alpha value is -3.26. The van der Waals surface area contributed by atoms with Gasteiger partial charge in [-0.25, -0.2) is 0 Å². The first-order valence-corrected chi connectivity index (χ1v) is 8.77. The monoisotopic (exact) mass is 365 g/mol. The molecule has 0 aliphatic carbocycles. The molecular formula is C18H15N5O2S. The lowest BCUT2D eigenvalue weighted by Gasteiger charge is -2.03. The number of aromatic nitrogens is 4.